The van der Waals surface area contributed by atoms with Gasteiger partial charge in [-0.3, -0.25) is 72.1 Å². The predicted octanol–water partition coefficient (Wildman–Crippen LogP) is -2.07. The number of nitrogens with two attached hydrogens (primary N) is 3. The number of hydrogen-bond donors (Lipinski definition) is 17. The van der Waals surface area contributed by atoms with Crippen LogP contribution < -0.4 is 75.7 Å². The quantitative estimate of drug-likeness (QED) is 0.0400. The molecule has 2 aliphatic rings. The van der Waals surface area contributed by atoms with Gasteiger partial charge in [-0.15, -0.1) is 11.8 Å². The van der Waals surface area contributed by atoms with Crippen molar-refractivity contribution in [2.45, 2.75) is 218 Å². The Hall–Kier alpha value is -9.05. The molecule has 0 bridgehead atoms. The molecule has 1 aromatic heterocycles. The lowest BCUT2D eigenvalue weighted by atomic mass is 9.96. The maximum absolute atomic E-state index is 14.9. The van der Waals surface area contributed by atoms with Crippen molar-refractivity contribution in [3.05, 3.63) is 54.1 Å². The summed E-state index contributed by atoms with van der Waals surface area (Å²) < 4.78 is 0. The van der Waals surface area contributed by atoms with Gasteiger partial charge in [-0.2, -0.15) is 0 Å². The number of carbonyl (C=O) groups excluding carboxylic acids is 12. The number of rotatable bonds is 30. The van der Waals surface area contributed by atoms with Crippen molar-refractivity contribution >= 4 is 99.6 Å². The summed E-state index contributed by atoms with van der Waals surface area (Å²) >= 11 is 1.33. The fourth-order valence-corrected chi connectivity index (χ4v) is 11.9. The summed E-state index contributed by atoms with van der Waals surface area (Å²) in [6.45, 7) is 14.0. The van der Waals surface area contributed by atoms with Crippen molar-refractivity contribution in [1.82, 2.24) is 68.5 Å². The first-order chi connectivity index (χ1) is 46.8. The molecule has 0 radical (unpaired) electrons. The van der Waals surface area contributed by atoms with Crippen LogP contribution in [-0.4, -0.2) is 199 Å². The highest BCUT2D eigenvalue weighted by molar-refractivity contribution is 8.14. The van der Waals surface area contributed by atoms with E-state index in [2.05, 4.69) is 73.4 Å². The lowest BCUT2D eigenvalue weighted by Gasteiger charge is -2.30. The predicted molar refractivity (Wildman–Crippen MR) is 365 cm³/mol. The van der Waals surface area contributed by atoms with Crippen LogP contribution in [-0.2, 0) is 80.0 Å². The first-order valence-electron chi connectivity index (χ1n) is 33.6. The number of primary amides is 1. The summed E-state index contributed by atoms with van der Waals surface area (Å²) in [6.07, 6.45) is -0.414. The Labute approximate surface area is 579 Å². The van der Waals surface area contributed by atoms with Gasteiger partial charge in [-0.25, -0.2) is 4.98 Å². The number of aromatic nitrogens is 2. The standard InChI is InChI=1S/C65H101N17O16S/c1-9-35(7)52(82-57(91)41(21-22-49(84)85)73-58(92)42(25-33(3)4)75-62(96)47-31-99-65(80-47)51(68)34(5)6)63(97)74-39-19-14-15-24-70-54(88)45(28-48(67)83)77-61(95)46(29-50(86)87)78-60(94)44(27-38-30-69-32-71-38)76-59(93)43(26-37-17-12-11-13-18-37)79-64(98)53(36(8)10-2)81-56(90)40(20-16-23-66)72-55(39)89/h11-13,17-18,30,32-36,39-47,51-53H,9-10,14-16,19-29,31,66,68H2,1-8H3,(H2,67,83)(H,69,71)(H,70,88)(H,72,89)(H,73,92)(H,74,97)(H,75,96)(H,76,93)(H,77,95)(H,78,94)(H,79,98)(H,81,90)(H,82,91)(H,84,85)(H,86,87)/t35?,36?,39?,40?,41?,42-,43?,44?,45?,46?,47+,51+,52?,53?/m1/s1. The molecule has 99 heavy (non-hydrogen) atoms. The molecule has 0 aliphatic carbocycles. The fraction of sp³-hybridized carbons (Fsp3) is 0.631. The number of carbonyl (C=O) groups is 14. The molecule has 0 saturated carbocycles. The van der Waals surface area contributed by atoms with E-state index in [1.807, 2.05) is 13.8 Å². The maximum Gasteiger partial charge on any atom is 0.305 e. The van der Waals surface area contributed by atoms with Gasteiger partial charge in [0.2, 0.25) is 70.9 Å². The third kappa shape index (κ3) is 27.7. The average Bonchev–Trinajstić information content (AvgIpc) is 1.83. The number of imidazole rings is 1. The molecule has 34 heteroatoms. The van der Waals surface area contributed by atoms with Gasteiger partial charge in [0.1, 0.15) is 66.5 Å². The summed E-state index contributed by atoms with van der Waals surface area (Å²) in [6, 6.07) is -8.36. The molecular formula is C65H101N17O16S. The van der Waals surface area contributed by atoms with Crippen LogP contribution in [0.25, 0.3) is 0 Å². The Morgan fingerprint density at radius 3 is 1.87 bits per heavy atom. The Kier molecular flexibility index (Phi) is 34.4. The normalized spacial score (nSPS) is 23.0. The zero-order chi connectivity index (χ0) is 73.6. The van der Waals surface area contributed by atoms with Gasteiger partial charge in [-0.05, 0) is 80.7 Å². The Morgan fingerprint density at radius 2 is 1.28 bits per heavy atom. The van der Waals surface area contributed by atoms with Crippen LogP contribution in [0.2, 0.25) is 0 Å². The second-order valence-electron chi connectivity index (χ2n) is 25.8. The van der Waals surface area contributed by atoms with E-state index in [9.17, 15) is 77.3 Å². The lowest BCUT2D eigenvalue weighted by Crippen LogP contribution is -2.62. The number of nitrogens with one attached hydrogen (secondary N) is 12. The zero-order valence-corrected chi connectivity index (χ0v) is 58.3. The summed E-state index contributed by atoms with van der Waals surface area (Å²) in [7, 11) is 0. The first-order valence-corrected chi connectivity index (χ1v) is 34.5. The largest absolute Gasteiger partial charge is 0.481 e. The Morgan fingerprint density at radius 1 is 0.677 bits per heavy atom. The average molecular weight is 1410 g/mol. The van der Waals surface area contributed by atoms with E-state index in [1.54, 1.807) is 71.9 Å². The number of aromatic amines is 1. The summed E-state index contributed by atoms with van der Waals surface area (Å²) in [5.41, 5.74) is 18.6. The van der Waals surface area contributed by atoms with Gasteiger partial charge in [0, 0.05) is 43.5 Å². The third-order valence-electron chi connectivity index (χ3n) is 16.9. The first kappa shape index (κ1) is 82.4. The van der Waals surface area contributed by atoms with Crippen molar-refractivity contribution < 1.29 is 77.3 Å². The van der Waals surface area contributed by atoms with Gasteiger partial charge >= 0.3 is 11.9 Å². The number of thioether (sulfide) groups is 1. The highest BCUT2D eigenvalue weighted by atomic mass is 32.2. The van der Waals surface area contributed by atoms with Crippen molar-refractivity contribution in [2.75, 3.05) is 18.8 Å². The van der Waals surface area contributed by atoms with Gasteiger partial charge < -0.3 is 90.9 Å². The van der Waals surface area contributed by atoms with Crippen LogP contribution >= 0.6 is 11.8 Å². The van der Waals surface area contributed by atoms with E-state index in [4.69, 9.17) is 17.2 Å². The topological polar surface area (TPSA) is 531 Å². The number of benzene rings is 1. The van der Waals surface area contributed by atoms with Gasteiger partial charge in [0.25, 0.3) is 0 Å². The minimum atomic E-state index is -1.94. The van der Waals surface area contributed by atoms with E-state index in [-0.39, 0.29) is 94.9 Å². The molecule has 14 atom stereocenters. The van der Waals surface area contributed by atoms with Gasteiger partial charge in [0.05, 0.1) is 30.3 Å². The highest BCUT2D eigenvalue weighted by Gasteiger charge is 2.40. The Balaban J connectivity index is 1.77. The van der Waals surface area contributed by atoms with Crippen LogP contribution in [0.3, 0.4) is 0 Å². The van der Waals surface area contributed by atoms with E-state index >= 15 is 0 Å². The van der Waals surface area contributed by atoms with E-state index in [1.165, 1.54) is 24.3 Å². The Bertz CT molecular complexity index is 3140. The number of aliphatic imine (C=N–C) groups is 1. The minimum Gasteiger partial charge on any atom is -0.481 e. The van der Waals surface area contributed by atoms with Crippen molar-refractivity contribution in [3.63, 3.8) is 0 Å². The number of amides is 12. The van der Waals surface area contributed by atoms with Gasteiger partial charge in [0.15, 0.2) is 0 Å². The molecule has 548 valence electrons. The monoisotopic (exact) mass is 1410 g/mol. The second-order valence-corrected chi connectivity index (χ2v) is 26.9. The molecule has 1 fully saturated rings. The molecule has 11 unspecified atom stereocenters. The highest BCUT2D eigenvalue weighted by Crippen LogP contribution is 2.24. The summed E-state index contributed by atoms with van der Waals surface area (Å²) in [5, 5.41) is 49.0. The number of H-pyrrole nitrogens is 1. The number of nitrogens with zero attached hydrogens (tertiary/aromatic N) is 2. The molecule has 1 saturated heterocycles. The maximum atomic E-state index is 14.9. The van der Waals surface area contributed by atoms with Crippen molar-refractivity contribution in [3.8, 4) is 0 Å². The molecule has 2 aromatic rings. The lowest BCUT2D eigenvalue weighted by molar-refractivity contribution is -0.142. The molecule has 12 amide bonds. The van der Waals surface area contributed by atoms with Crippen LogP contribution in [0.1, 0.15) is 144 Å². The van der Waals surface area contributed by atoms with Crippen molar-refractivity contribution in [2.24, 2.45) is 45.9 Å². The van der Waals surface area contributed by atoms with Crippen LogP contribution in [0.5, 0.6) is 0 Å². The number of aliphatic carboxylic acids is 2. The minimum absolute atomic E-state index is 0.00106. The molecule has 4 rings (SSSR count). The van der Waals surface area contributed by atoms with E-state index in [0.717, 1.165) is 0 Å². The molecule has 20 N–H and O–H groups in total. The summed E-state index contributed by atoms with van der Waals surface area (Å²) in [5.74, 6) is -15.5. The second kappa shape index (κ2) is 41.4. The third-order valence-corrected chi connectivity index (χ3v) is 18.1. The van der Waals surface area contributed by atoms with E-state index in [0.29, 0.717) is 16.3 Å². The number of carboxylic acid groups (broad SMARTS) is 2. The summed E-state index contributed by atoms with van der Waals surface area (Å²) in [4.78, 5) is 206. The van der Waals surface area contributed by atoms with E-state index < -0.39 is 193 Å². The SMILES string of the molecule is CCC(C)C1NC(=O)C(CCCN)NC(=O)C(NC(=O)C(NC(=O)C(CCC(=O)O)NC(=O)[C@@H](CC(C)C)NC(=O)[C@@H]2CSC([C@@H](N)C(C)C)=N2)C(C)CC)CCCCNC(=O)C(CC(N)=O)NC(=O)C(CC(=O)O)NC(=O)C(Cc2cnc[nH]2)NC(=O)C(Cc2ccccc2)NC1=O. The zero-order valence-electron chi connectivity index (χ0n) is 57.4. The molecule has 2 aliphatic heterocycles. The van der Waals surface area contributed by atoms with Gasteiger partial charge in [-0.1, -0.05) is 98.6 Å². The number of carboxylic acids is 2. The molecule has 1 aromatic carbocycles. The van der Waals surface area contributed by atoms with Crippen LogP contribution in [0.4, 0.5) is 0 Å². The molecule has 0 spiro atoms. The fourth-order valence-electron chi connectivity index (χ4n) is 10.6. The van der Waals surface area contributed by atoms with Crippen molar-refractivity contribution in [1.29, 1.82) is 0 Å². The molecule has 3 heterocycles. The number of hydrogen-bond acceptors (Lipinski definition) is 19. The van der Waals surface area contributed by atoms with Crippen LogP contribution in [0, 0.1) is 23.7 Å². The van der Waals surface area contributed by atoms with Crippen LogP contribution in [0.15, 0.2) is 47.8 Å². The molecular weight excluding hydrogens is 1310 g/mol. The smallest absolute Gasteiger partial charge is 0.305 e. The molecule has 33 nitrogen and oxygen atoms in total.